The summed E-state index contributed by atoms with van der Waals surface area (Å²) in [6.45, 7) is 7.54. The summed E-state index contributed by atoms with van der Waals surface area (Å²) in [5.74, 6) is 0.988. The molecule has 0 saturated heterocycles. The van der Waals surface area contributed by atoms with Gasteiger partial charge < -0.3 is 10.6 Å². The quantitative estimate of drug-likeness (QED) is 0.755. The van der Waals surface area contributed by atoms with E-state index in [0.29, 0.717) is 4.75 Å². The van der Waals surface area contributed by atoms with Gasteiger partial charge in [-0.1, -0.05) is 13.8 Å². The molecule has 4 heteroatoms. The Kier molecular flexibility index (Phi) is 5.29. The van der Waals surface area contributed by atoms with Crippen molar-refractivity contribution < 1.29 is 0 Å². The van der Waals surface area contributed by atoms with E-state index in [0.717, 1.165) is 32.0 Å². The molecule has 1 rings (SSSR count). The first-order valence-corrected chi connectivity index (χ1v) is 7.06. The van der Waals surface area contributed by atoms with Gasteiger partial charge in [0.2, 0.25) is 0 Å². The molecule has 1 heterocycles. The van der Waals surface area contributed by atoms with Crippen molar-refractivity contribution in [1.82, 2.24) is 10.6 Å². The van der Waals surface area contributed by atoms with E-state index < -0.39 is 0 Å². The van der Waals surface area contributed by atoms with Crippen LogP contribution in [0.2, 0.25) is 0 Å². The third-order valence-electron chi connectivity index (χ3n) is 3.20. The molecule has 0 aliphatic carbocycles. The highest BCUT2D eigenvalue weighted by Crippen LogP contribution is 2.29. The van der Waals surface area contributed by atoms with E-state index in [4.69, 9.17) is 0 Å². The zero-order valence-electron chi connectivity index (χ0n) is 10.1. The van der Waals surface area contributed by atoms with Crippen molar-refractivity contribution in [2.24, 2.45) is 4.99 Å². The van der Waals surface area contributed by atoms with Gasteiger partial charge in [0, 0.05) is 24.4 Å². The summed E-state index contributed by atoms with van der Waals surface area (Å²) >= 11 is 1.96. The molecular formula is C11H23N3S. The van der Waals surface area contributed by atoms with Crippen LogP contribution in [-0.4, -0.2) is 36.6 Å². The van der Waals surface area contributed by atoms with E-state index >= 15 is 0 Å². The lowest BCUT2D eigenvalue weighted by molar-refractivity contribution is 0.529. The minimum absolute atomic E-state index is 0.363. The molecule has 0 fully saturated rings. The molecule has 88 valence electrons. The summed E-state index contributed by atoms with van der Waals surface area (Å²) in [6, 6.07) is 0. The van der Waals surface area contributed by atoms with E-state index in [-0.39, 0.29) is 0 Å². The van der Waals surface area contributed by atoms with Crippen molar-refractivity contribution in [1.29, 1.82) is 0 Å². The fourth-order valence-corrected chi connectivity index (χ4v) is 2.55. The van der Waals surface area contributed by atoms with E-state index in [9.17, 15) is 0 Å². The number of hydrogen-bond acceptors (Lipinski definition) is 4. The number of hydrogen-bond donors (Lipinski definition) is 2. The van der Waals surface area contributed by atoms with Crippen LogP contribution >= 0.6 is 11.8 Å². The van der Waals surface area contributed by atoms with Crippen LogP contribution in [0, 0.1) is 0 Å². The standard InChI is InChI=1S/C11H23N3S/c1-4-11(5-2,15-3)9-14-10-12-7-6-8-13-10/h4-9H2,1-3H3,(H2,12,13,14). The number of nitrogens with one attached hydrogen (secondary N) is 2. The van der Waals surface area contributed by atoms with Crippen LogP contribution in [0.4, 0.5) is 0 Å². The van der Waals surface area contributed by atoms with Gasteiger partial charge in [-0.05, 0) is 25.5 Å². The summed E-state index contributed by atoms with van der Waals surface area (Å²) in [5, 5.41) is 6.73. The van der Waals surface area contributed by atoms with Crippen LogP contribution in [-0.2, 0) is 0 Å². The van der Waals surface area contributed by atoms with Gasteiger partial charge >= 0.3 is 0 Å². The van der Waals surface area contributed by atoms with E-state index in [1.807, 2.05) is 11.8 Å². The van der Waals surface area contributed by atoms with Gasteiger partial charge in [-0.15, -0.1) is 0 Å². The molecule has 15 heavy (non-hydrogen) atoms. The van der Waals surface area contributed by atoms with Crippen molar-refractivity contribution in [3.8, 4) is 0 Å². The van der Waals surface area contributed by atoms with Crippen LogP contribution in [0.3, 0.4) is 0 Å². The fourth-order valence-electron chi connectivity index (χ4n) is 1.76. The van der Waals surface area contributed by atoms with Crippen LogP contribution in [0.15, 0.2) is 4.99 Å². The number of nitrogens with zero attached hydrogens (tertiary/aromatic N) is 1. The first kappa shape index (κ1) is 12.7. The maximum absolute atomic E-state index is 4.42. The number of aliphatic imine (C=N–C) groups is 1. The van der Waals surface area contributed by atoms with Gasteiger partial charge in [-0.2, -0.15) is 11.8 Å². The molecule has 1 aliphatic heterocycles. The molecular weight excluding hydrogens is 206 g/mol. The summed E-state index contributed by atoms with van der Waals surface area (Å²) in [6.07, 6.45) is 5.75. The second-order valence-electron chi connectivity index (χ2n) is 3.96. The topological polar surface area (TPSA) is 36.4 Å². The third kappa shape index (κ3) is 3.59. The van der Waals surface area contributed by atoms with Gasteiger partial charge in [-0.25, -0.2) is 0 Å². The molecule has 1 aliphatic rings. The molecule has 0 saturated carbocycles. The molecule has 0 unspecified atom stereocenters. The minimum Gasteiger partial charge on any atom is -0.356 e. The smallest absolute Gasteiger partial charge is 0.191 e. The Labute approximate surface area is 97.5 Å². The Bertz CT molecular complexity index is 204. The lowest BCUT2D eigenvalue weighted by atomic mass is 10.0. The van der Waals surface area contributed by atoms with Gasteiger partial charge in [-0.3, -0.25) is 4.99 Å². The first-order valence-electron chi connectivity index (χ1n) is 5.83. The summed E-state index contributed by atoms with van der Waals surface area (Å²) in [4.78, 5) is 4.42. The second-order valence-corrected chi connectivity index (χ2v) is 5.23. The summed E-state index contributed by atoms with van der Waals surface area (Å²) < 4.78 is 0.363. The second kappa shape index (κ2) is 6.26. The molecule has 0 aromatic carbocycles. The Morgan fingerprint density at radius 3 is 2.67 bits per heavy atom. The fraction of sp³-hybridized carbons (Fsp3) is 0.909. The van der Waals surface area contributed by atoms with Crippen LogP contribution in [0.1, 0.15) is 33.1 Å². The summed E-state index contributed by atoms with van der Waals surface area (Å²) in [7, 11) is 0. The van der Waals surface area contributed by atoms with Gasteiger partial charge in [0.15, 0.2) is 5.96 Å². The van der Waals surface area contributed by atoms with Crippen LogP contribution in [0.25, 0.3) is 0 Å². The van der Waals surface area contributed by atoms with Gasteiger partial charge in [0.05, 0.1) is 0 Å². The highest BCUT2D eigenvalue weighted by molar-refractivity contribution is 8.00. The highest BCUT2D eigenvalue weighted by Gasteiger charge is 2.25. The molecule has 2 N–H and O–H groups in total. The highest BCUT2D eigenvalue weighted by atomic mass is 32.2. The first-order chi connectivity index (χ1) is 7.26. The molecule has 3 nitrogen and oxygen atoms in total. The van der Waals surface area contributed by atoms with Crippen molar-refractivity contribution in [2.45, 2.75) is 37.9 Å². The van der Waals surface area contributed by atoms with E-state index in [1.54, 1.807) is 0 Å². The molecule has 0 aromatic rings. The van der Waals surface area contributed by atoms with Gasteiger partial charge in [0.25, 0.3) is 0 Å². The third-order valence-corrected chi connectivity index (χ3v) is 4.78. The maximum atomic E-state index is 4.42. The van der Waals surface area contributed by atoms with Crippen molar-refractivity contribution in [2.75, 3.05) is 25.9 Å². The molecule has 0 atom stereocenters. The molecule has 0 spiro atoms. The average Bonchev–Trinajstić information content (AvgIpc) is 2.33. The number of thioether (sulfide) groups is 1. The zero-order valence-corrected chi connectivity index (χ0v) is 10.9. The van der Waals surface area contributed by atoms with Crippen molar-refractivity contribution in [3.63, 3.8) is 0 Å². The molecule has 0 bridgehead atoms. The maximum Gasteiger partial charge on any atom is 0.191 e. The van der Waals surface area contributed by atoms with E-state index in [1.165, 1.54) is 12.8 Å². The lowest BCUT2D eigenvalue weighted by Crippen LogP contribution is -2.46. The SMILES string of the molecule is CCC(CC)(CNC1=NCCCN1)SC. The normalized spacial score (nSPS) is 16.9. The monoisotopic (exact) mass is 229 g/mol. The number of guanidine groups is 1. The Hall–Kier alpha value is -0.380. The van der Waals surface area contributed by atoms with Crippen molar-refractivity contribution in [3.05, 3.63) is 0 Å². The average molecular weight is 229 g/mol. The Balaban J connectivity index is 2.42. The Morgan fingerprint density at radius 2 is 2.20 bits per heavy atom. The van der Waals surface area contributed by atoms with E-state index in [2.05, 4.69) is 35.7 Å². The largest absolute Gasteiger partial charge is 0.356 e. The number of rotatable bonds is 5. The van der Waals surface area contributed by atoms with Crippen LogP contribution in [0.5, 0.6) is 0 Å². The van der Waals surface area contributed by atoms with Gasteiger partial charge in [0.1, 0.15) is 0 Å². The van der Waals surface area contributed by atoms with Crippen molar-refractivity contribution >= 4 is 17.7 Å². The van der Waals surface area contributed by atoms with Crippen LogP contribution < -0.4 is 10.6 Å². The molecule has 0 radical (unpaired) electrons. The molecule has 0 aromatic heterocycles. The lowest BCUT2D eigenvalue weighted by Gasteiger charge is -2.31. The summed E-state index contributed by atoms with van der Waals surface area (Å²) in [5.41, 5.74) is 0. The predicted molar refractivity (Wildman–Crippen MR) is 69.8 cm³/mol. The Morgan fingerprint density at radius 1 is 1.47 bits per heavy atom. The molecule has 0 amide bonds. The predicted octanol–water partition coefficient (Wildman–Crippen LogP) is 1.85. The minimum atomic E-state index is 0.363. The zero-order chi connectivity index (χ0) is 11.1.